The second-order valence-electron chi connectivity index (χ2n) is 13.8. The fourth-order valence-electron chi connectivity index (χ4n) is 8.59. The van der Waals surface area contributed by atoms with E-state index in [0.29, 0.717) is 30.7 Å². The van der Waals surface area contributed by atoms with Gasteiger partial charge >= 0.3 is 6.01 Å². The molecule has 5 aliphatic heterocycles. The second-order valence-corrected chi connectivity index (χ2v) is 13.8. The lowest BCUT2D eigenvalue weighted by Gasteiger charge is -2.36. The fraction of sp³-hybridized carbons (Fsp3) is 0.588. The number of piperidine rings is 1. The Hall–Kier alpha value is -3.44. The zero-order valence-corrected chi connectivity index (χ0v) is 25.9. The summed E-state index contributed by atoms with van der Waals surface area (Å²) in [4.78, 5) is 18.7. The van der Waals surface area contributed by atoms with E-state index in [4.69, 9.17) is 19.7 Å². The minimum atomic E-state index is -0.875. The number of halogens is 2. The van der Waals surface area contributed by atoms with E-state index in [2.05, 4.69) is 33.0 Å². The van der Waals surface area contributed by atoms with Gasteiger partial charge in [-0.3, -0.25) is 15.0 Å². The molecule has 2 N–H and O–H groups in total. The molecule has 4 atom stereocenters. The molecule has 3 fully saturated rings. The predicted molar refractivity (Wildman–Crippen MR) is 169 cm³/mol. The second kappa shape index (κ2) is 11.4. The molecule has 0 amide bonds. The molecule has 0 aliphatic carbocycles. The number of alkyl halides is 1. The van der Waals surface area contributed by atoms with Crippen LogP contribution in [0, 0.1) is 18.7 Å². The van der Waals surface area contributed by atoms with Crippen LogP contribution in [0.4, 0.5) is 14.6 Å². The maximum atomic E-state index is 17.0. The van der Waals surface area contributed by atoms with Crippen molar-refractivity contribution in [1.29, 1.82) is 0 Å². The van der Waals surface area contributed by atoms with Crippen LogP contribution in [-0.2, 0) is 6.42 Å². The van der Waals surface area contributed by atoms with Gasteiger partial charge in [-0.1, -0.05) is 12.8 Å². The summed E-state index contributed by atoms with van der Waals surface area (Å²) >= 11 is 0. The van der Waals surface area contributed by atoms with Crippen molar-refractivity contribution in [2.75, 3.05) is 37.7 Å². The van der Waals surface area contributed by atoms with Gasteiger partial charge < -0.3 is 14.7 Å². The number of aliphatic hydroxyl groups is 1. The molecular weight excluding hydrogens is 576 g/mol. The van der Waals surface area contributed by atoms with E-state index in [9.17, 15) is 9.50 Å². The number of hydrogen-bond donors (Lipinski definition) is 2. The Kier molecular flexibility index (Phi) is 7.36. The largest absolute Gasteiger partial charge is 0.461 e. The normalized spacial score (nSPS) is 27.5. The van der Waals surface area contributed by atoms with Crippen LogP contribution in [0.1, 0.15) is 68.9 Å². The van der Waals surface area contributed by atoms with Gasteiger partial charge in [-0.2, -0.15) is 15.1 Å². The number of nitrogens with zero attached hydrogens (tertiary/aromatic N) is 6. The molecular formula is C34H41F2N7O2. The average Bonchev–Trinajstić information content (AvgIpc) is 3.74. The summed E-state index contributed by atoms with van der Waals surface area (Å²) in [7, 11) is 0. The molecule has 238 valence electrons. The highest BCUT2D eigenvalue weighted by molar-refractivity contribution is 5.99. The van der Waals surface area contributed by atoms with E-state index in [0.717, 1.165) is 98.5 Å². The van der Waals surface area contributed by atoms with Crippen molar-refractivity contribution in [3.63, 3.8) is 0 Å². The Morgan fingerprint density at radius 1 is 1.07 bits per heavy atom. The summed E-state index contributed by atoms with van der Waals surface area (Å²) in [6, 6.07) is 2.17. The summed E-state index contributed by atoms with van der Waals surface area (Å²) < 4.78 is 37.8. The van der Waals surface area contributed by atoms with Crippen LogP contribution in [0.25, 0.3) is 33.1 Å². The van der Waals surface area contributed by atoms with E-state index >= 15 is 4.39 Å². The van der Waals surface area contributed by atoms with Crippen molar-refractivity contribution in [1.82, 2.24) is 30.0 Å². The summed E-state index contributed by atoms with van der Waals surface area (Å²) in [6.45, 7) is 4.95. The number of fused-ring (bicyclic) bond motifs is 8. The molecule has 11 heteroatoms. The summed E-state index contributed by atoms with van der Waals surface area (Å²) in [5, 5.41) is 19.9. The van der Waals surface area contributed by atoms with Crippen LogP contribution < -0.4 is 9.64 Å². The number of hydrogen-bond acceptors (Lipinski definition) is 8. The Labute approximate surface area is 261 Å². The topological polar surface area (TPSA) is 103 Å². The van der Waals surface area contributed by atoms with Crippen LogP contribution in [0.2, 0.25) is 0 Å². The summed E-state index contributed by atoms with van der Waals surface area (Å²) in [5.74, 6) is 0.160. The van der Waals surface area contributed by atoms with Gasteiger partial charge in [0.05, 0.1) is 28.7 Å². The fourth-order valence-corrected chi connectivity index (χ4v) is 8.59. The molecule has 8 heterocycles. The number of benzene rings is 1. The first-order valence-electron chi connectivity index (χ1n) is 16.7. The van der Waals surface area contributed by atoms with E-state index in [1.54, 1.807) is 12.4 Å². The first-order chi connectivity index (χ1) is 21.9. The number of aromatic amines is 1. The minimum Gasteiger partial charge on any atom is -0.461 e. The lowest BCUT2D eigenvalue weighted by Crippen LogP contribution is -2.43. The van der Waals surface area contributed by atoms with E-state index in [1.165, 1.54) is 0 Å². The predicted octanol–water partition coefficient (Wildman–Crippen LogP) is 5.66. The van der Waals surface area contributed by atoms with Gasteiger partial charge in [0.25, 0.3) is 0 Å². The minimum absolute atomic E-state index is 0.0961. The smallest absolute Gasteiger partial charge is 0.319 e. The Balaban J connectivity index is 1.29. The molecule has 9 rings (SSSR count). The van der Waals surface area contributed by atoms with Gasteiger partial charge in [0.15, 0.2) is 5.82 Å². The molecule has 3 saturated heterocycles. The quantitative estimate of drug-likeness (QED) is 0.304. The number of ether oxygens (including phenoxy) is 1. The molecule has 1 aromatic carbocycles. The molecule has 5 aliphatic rings. The number of rotatable bonds is 3. The van der Waals surface area contributed by atoms with Gasteiger partial charge in [-0.25, -0.2) is 8.78 Å². The zero-order valence-electron chi connectivity index (χ0n) is 25.9. The third-order valence-corrected chi connectivity index (χ3v) is 10.9. The molecule has 45 heavy (non-hydrogen) atoms. The van der Waals surface area contributed by atoms with Crippen LogP contribution in [0.5, 0.6) is 6.01 Å². The summed E-state index contributed by atoms with van der Waals surface area (Å²) in [5.41, 5.74) is 3.72. The Morgan fingerprint density at radius 3 is 2.89 bits per heavy atom. The van der Waals surface area contributed by atoms with Crippen LogP contribution in [-0.4, -0.2) is 85.8 Å². The molecule has 4 aromatic rings. The molecule has 3 aromatic heterocycles. The Bertz CT molecular complexity index is 1750. The highest BCUT2D eigenvalue weighted by atomic mass is 19.1. The summed E-state index contributed by atoms with van der Waals surface area (Å²) in [6.07, 6.45) is 10.7. The first kappa shape index (κ1) is 29.0. The van der Waals surface area contributed by atoms with Gasteiger partial charge in [-0.15, -0.1) is 0 Å². The molecule has 6 bridgehead atoms. The molecule has 0 spiro atoms. The van der Waals surface area contributed by atoms with Gasteiger partial charge in [0.1, 0.15) is 29.8 Å². The van der Waals surface area contributed by atoms with Crippen molar-refractivity contribution in [2.24, 2.45) is 5.92 Å². The molecule has 0 unspecified atom stereocenters. The van der Waals surface area contributed by atoms with E-state index in [1.807, 2.05) is 0 Å². The van der Waals surface area contributed by atoms with Crippen molar-refractivity contribution in [3.8, 4) is 17.3 Å². The maximum Gasteiger partial charge on any atom is 0.319 e. The lowest BCUT2D eigenvalue weighted by atomic mass is 9.88. The highest BCUT2D eigenvalue weighted by Gasteiger charge is 2.49. The van der Waals surface area contributed by atoms with Gasteiger partial charge in [-0.05, 0) is 75.6 Å². The van der Waals surface area contributed by atoms with E-state index in [-0.39, 0.29) is 35.3 Å². The molecule has 0 radical (unpaired) electrons. The number of pyridine rings is 1. The monoisotopic (exact) mass is 617 g/mol. The lowest BCUT2D eigenvalue weighted by molar-refractivity contribution is 0.0868. The number of anilines is 1. The standard InChI is InChI=1S/C34H41F2N7O2/c1-20-13-26-24(16-38-41-26)28-23(20)8-3-2-4-9-27(44)21-7-5-11-42(17-21)32-25-15-37-31(28)29(36)30(25)39-33(40-32)45-19-34-10-6-12-43(34)18-22(35)14-34/h13,15-16,21-22,27,44H,2-12,14,17-19H2,1H3,(H,38,41)/t21-,22-,27+,34+/m1/s1. The molecule has 0 saturated carbocycles. The van der Waals surface area contributed by atoms with Gasteiger partial charge in [0.2, 0.25) is 0 Å². The van der Waals surface area contributed by atoms with Crippen molar-refractivity contribution in [2.45, 2.75) is 88.9 Å². The Morgan fingerprint density at radius 2 is 1.98 bits per heavy atom. The number of nitrogens with one attached hydrogen (secondary N) is 1. The number of H-pyrrole nitrogens is 1. The SMILES string of the molecule is Cc1cc2[nH]ncc2c2c1CCCCC[C@H](O)[C@@H]1CCCN(C1)c1nc(OC[C@@]34CCCN3C[C@H](F)C4)nc3c(F)c-2ncc13. The number of aryl methyl sites for hydroxylation is 1. The van der Waals surface area contributed by atoms with Crippen LogP contribution in [0.3, 0.4) is 0 Å². The molecule has 9 nitrogen and oxygen atoms in total. The highest BCUT2D eigenvalue weighted by Crippen LogP contribution is 2.42. The van der Waals surface area contributed by atoms with Crippen LogP contribution >= 0.6 is 0 Å². The van der Waals surface area contributed by atoms with Crippen molar-refractivity contribution in [3.05, 3.63) is 35.4 Å². The first-order valence-corrected chi connectivity index (χ1v) is 16.7. The van der Waals surface area contributed by atoms with E-state index < -0.39 is 18.1 Å². The van der Waals surface area contributed by atoms with Crippen LogP contribution in [0.15, 0.2) is 18.5 Å². The third kappa shape index (κ3) is 5.02. The van der Waals surface area contributed by atoms with Gasteiger partial charge in [0, 0.05) is 49.1 Å². The number of aliphatic hydroxyl groups excluding tert-OH is 1. The van der Waals surface area contributed by atoms with Crippen molar-refractivity contribution >= 4 is 27.6 Å². The maximum absolute atomic E-state index is 17.0. The zero-order chi connectivity index (χ0) is 30.7. The third-order valence-electron chi connectivity index (χ3n) is 10.9. The average molecular weight is 618 g/mol. The van der Waals surface area contributed by atoms with Crippen molar-refractivity contribution < 1.29 is 18.6 Å². The number of aromatic nitrogens is 5.